The summed E-state index contributed by atoms with van der Waals surface area (Å²) in [5.41, 5.74) is 4.16. The van der Waals surface area contributed by atoms with Gasteiger partial charge in [-0.05, 0) is 159 Å². The van der Waals surface area contributed by atoms with Gasteiger partial charge in [0.15, 0.2) is 28.2 Å². The van der Waals surface area contributed by atoms with Gasteiger partial charge in [-0.25, -0.2) is 9.97 Å². The van der Waals surface area contributed by atoms with Crippen LogP contribution in [0.15, 0.2) is 45.2 Å². The highest BCUT2D eigenvalue weighted by Gasteiger charge is 2.49. The molecule has 1 N–H and O–H groups in total. The van der Waals surface area contributed by atoms with E-state index in [0.717, 1.165) is 77.4 Å². The number of carbonyl (C=O) groups is 5. The number of hydrogen-bond acceptors (Lipinski definition) is 14. The lowest BCUT2D eigenvalue weighted by Crippen LogP contribution is -2.51. The molecule has 6 unspecified atom stereocenters. The Labute approximate surface area is 577 Å². The SMILES string of the molecule is C/C(=C/CC(OC(=O)C[C@H](O[Si](C)(C)C(C)(C)C)C(C)(C)C(=O)C(C)Br)/C(C)=C/c1csc(C)n1)CCCC(C)C=O.C/C(=C/CC(OC(=O)C[C@H](O[Si](C)(C)C(C)(C)C)C(C)(C)C(=O)C(C)Br)/C(C)=C/c1csc(C)n1)CCCC(C)CO.CC.ClCCl. The number of nitrogens with zero attached hydrogens (tertiary/aromatic N) is 2. The van der Waals surface area contributed by atoms with Gasteiger partial charge in [0.2, 0.25) is 0 Å². The second-order valence-electron chi connectivity index (χ2n) is 27.7. The Morgan fingerprint density at radius 2 is 0.955 bits per heavy atom. The number of alkyl halides is 4. The average Bonchev–Trinajstić information content (AvgIpc) is 2.48. The van der Waals surface area contributed by atoms with Crippen molar-refractivity contribution in [3.05, 3.63) is 66.6 Å². The first-order valence-electron chi connectivity index (χ1n) is 31.6. The summed E-state index contributed by atoms with van der Waals surface area (Å²) in [7, 11) is -4.62. The molecule has 89 heavy (non-hydrogen) atoms. The first-order valence-corrected chi connectivity index (χ1v) is 42.1. The monoisotopic (exact) mass is 1480 g/mol. The van der Waals surface area contributed by atoms with Crippen LogP contribution in [0.3, 0.4) is 0 Å². The summed E-state index contributed by atoms with van der Waals surface area (Å²) in [6, 6.07) is 0. The van der Waals surface area contributed by atoms with E-state index in [4.69, 9.17) is 41.5 Å². The number of ether oxygens (including phenoxy) is 2. The summed E-state index contributed by atoms with van der Waals surface area (Å²) in [5, 5.41) is 15.3. The third kappa shape index (κ3) is 33.8. The van der Waals surface area contributed by atoms with Crippen LogP contribution in [0.25, 0.3) is 12.2 Å². The van der Waals surface area contributed by atoms with E-state index in [1.807, 2.05) is 113 Å². The Bertz CT molecular complexity index is 2580. The fraction of sp³-hybridized carbons (Fsp3) is 0.725. The molecule has 2 aromatic heterocycles. The fourth-order valence-electron chi connectivity index (χ4n) is 8.62. The van der Waals surface area contributed by atoms with Crippen molar-refractivity contribution < 1.29 is 47.4 Å². The molecule has 0 spiro atoms. The van der Waals surface area contributed by atoms with Gasteiger partial charge < -0.3 is 28.2 Å². The molecule has 12 nitrogen and oxygen atoms in total. The van der Waals surface area contributed by atoms with Gasteiger partial charge in [-0.3, -0.25) is 19.2 Å². The zero-order valence-corrected chi connectivity index (χ0v) is 67.8. The van der Waals surface area contributed by atoms with E-state index in [1.165, 1.54) is 11.1 Å². The number of aromatic nitrogens is 2. The molecule has 8 atom stereocenters. The lowest BCUT2D eigenvalue weighted by molar-refractivity contribution is -0.153. The van der Waals surface area contributed by atoms with Crippen LogP contribution < -0.4 is 0 Å². The number of esters is 2. The normalized spacial score (nSPS) is 15.9. The van der Waals surface area contributed by atoms with E-state index in [2.05, 4.69) is 142 Å². The molecule has 2 aromatic rings. The molecule has 0 aliphatic rings. The third-order valence-electron chi connectivity index (χ3n) is 16.8. The van der Waals surface area contributed by atoms with E-state index in [-0.39, 0.29) is 73.9 Å². The predicted molar refractivity (Wildman–Crippen MR) is 392 cm³/mol. The number of halogens is 4. The van der Waals surface area contributed by atoms with Crippen molar-refractivity contribution in [1.82, 2.24) is 9.97 Å². The molecule has 0 radical (unpaired) electrons. The van der Waals surface area contributed by atoms with Crippen LogP contribution in [0.1, 0.15) is 224 Å². The Morgan fingerprint density at radius 3 is 1.22 bits per heavy atom. The largest absolute Gasteiger partial charge is 0.457 e. The number of aliphatic hydroxyl groups excluding tert-OH is 1. The third-order valence-corrected chi connectivity index (χ3v) is 28.2. The van der Waals surface area contributed by atoms with Crippen LogP contribution in [-0.2, 0) is 42.3 Å². The minimum absolute atomic E-state index is 0.000359. The van der Waals surface area contributed by atoms with Gasteiger partial charge in [0, 0.05) is 47.0 Å². The smallest absolute Gasteiger partial charge is 0.309 e. The molecule has 0 fully saturated rings. The maximum Gasteiger partial charge on any atom is 0.309 e. The maximum atomic E-state index is 13.6. The molecule has 0 aliphatic heterocycles. The number of aryl methyl sites for hydroxylation is 2. The molecule has 0 aliphatic carbocycles. The molecule has 2 rings (SSSR count). The van der Waals surface area contributed by atoms with Crippen molar-refractivity contribution >= 4 is 136 Å². The van der Waals surface area contributed by atoms with Gasteiger partial charge in [-0.2, -0.15) is 0 Å². The second-order valence-corrected chi connectivity index (χ2v) is 42.9. The van der Waals surface area contributed by atoms with Crippen LogP contribution in [-0.4, -0.2) is 108 Å². The van der Waals surface area contributed by atoms with Crippen LogP contribution in [0, 0.1) is 36.5 Å². The summed E-state index contributed by atoms with van der Waals surface area (Å²) >= 11 is 19.6. The quantitative estimate of drug-likeness (QED) is 0.0232. The van der Waals surface area contributed by atoms with E-state index in [0.29, 0.717) is 18.8 Å². The van der Waals surface area contributed by atoms with Gasteiger partial charge >= 0.3 is 11.9 Å². The van der Waals surface area contributed by atoms with Gasteiger partial charge in [0.05, 0.1) is 61.4 Å². The Hall–Kier alpha value is -1.98. The van der Waals surface area contributed by atoms with Gasteiger partial charge in [0.25, 0.3) is 0 Å². The second kappa shape index (κ2) is 42.5. The Kier molecular flexibility index (Phi) is 42.5. The van der Waals surface area contributed by atoms with E-state index in [9.17, 15) is 29.1 Å². The number of thiazole rings is 2. The van der Waals surface area contributed by atoms with Crippen LogP contribution >= 0.6 is 77.7 Å². The first kappa shape index (κ1) is 89.1. The summed E-state index contributed by atoms with van der Waals surface area (Å²) in [6.45, 7) is 52.8. The topological polar surface area (TPSA) is 168 Å². The van der Waals surface area contributed by atoms with Crippen LogP contribution in [0.5, 0.6) is 0 Å². The zero-order chi connectivity index (χ0) is 69.6. The molecule has 0 saturated heterocycles. The summed E-state index contributed by atoms with van der Waals surface area (Å²) < 4.78 is 25.8. The van der Waals surface area contributed by atoms with Gasteiger partial charge in [0.1, 0.15) is 18.5 Å². The lowest BCUT2D eigenvalue weighted by atomic mass is 9.79. The lowest BCUT2D eigenvalue weighted by Gasteiger charge is -2.43. The number of allylic oxidation sites excluding steroid dienone is 2. The van der Waals surface area contributed by atoms with E-state index >= 15 is 0 Å². The molecule has 20 heteroatoms. The zero-order valence-electron chi connectivity index (χ0n) is 59.5. The van der Waals surface area contributed by atoms with Crippen molar-refractivity contribution in [3.63, 3.8) is 0 Å². The standard InChI is InChI=1S/C33H56BrNO5SSi.C33H54BrNO5SSi.C2H6.CH2Cl2/c2*1-22(14-13-15-23(2)20-36)16-17-28(24(3)18-27-21-41-26(5)35-27)39-30(37)19-29(33(9,10)31(38)25(4)34)40-42(11,12)32(6,7)8;1-2;2-1-3/h16,18,21,23,25,28-29,36H,13-15,17,19-20H2,1-12H3;16,18,20-21,23,25,28-29H,13-15,17,19H2,1-12H3;1-2H3;1H2/b2*22-16-,24-18+;;/t2*23?,25?,28?,29-;;/m00../s1. The Morgan fingerprint density at radius 1 is 0.629 bits per heavy atom. The number of carbonyl (C=O) groups excluding carboxylic acids is 5. The molecule has 2 heterocycles. The van der Waals surface area contributed by atoms with Crippen molar-refractivity contribution in [1.29, 1.82) is 0 Å². The number of ketones is 2. The molecular weight excluding hydrogens is 1370 g/mol. The van der Waals surface area contributed by atoms with Gasteiger partial charge in [-0.15, -0.1) is 45.9 Å². The first-order chi connectivity index (χ1) is 40.8. The molecule has 0 amide bonds. The number of aldehydes is 1. The highest BCUT2D eigenvalue weighted by Crippen LogP contribution is 2.43. The van der Waals surface area contributed by atoms with E-state index < -0.39 is 51.9 Å². The van der Waals surface area contributed by atoms with Crippen LogP contribution in [0.2, 0.25) is 36.3 Å². The highest BCUT2D eigenvalue weighted by molar-refractivity contribution is 9.10. The average molecular weight is 1490 g/mol. The fourth-order valence-corrected chi connectivity index (χ4v) is 13.8. The molecular formula is C69H118Br2Cl2N2O10S2Si2. The maximum absolute atomic E-state index is 13.6. The molecule has 512 valence electrons. The highest BCUT2D eigenvalue weighted by atomic mass is 79.9. The Balaban J connectivity index is 0. The summed E-state index contributed by atoms with van der Waals surface area (Å²) in [5.74, 6) is -0.420. The summed E-state index contributed by atoms with van der Waals surface area (Å²) in [4.78, 5) is 73.2. The van der Waals surface area contributed by atoms with Crippen molar-refractivity contribution in [2.45, 2.75) is 287 Å². The summed E-state index contributed by atoms with van der Waals surface area (Å²) in [6.07, 6.45) is 13.7. The van der Waals surface area contributed by atoms with Crippen molar-refractivity contribution in [3.8, 4) is 0 Å². The predicted octanol–water partition coefficient (Wildman–Crippen LogP) is 20.8. The minimum Gasteiger partial charge on any atom is -0.457 e. The number of rotatable bonds is 34. The van der Waals surface area contributed by atoms with Gasteiger partial charge in [-0.1, -0.05) is 152 Å². The molecule has 0 bridgehead atoms. The number of aliphatic hydroxyl groups is 1. The molecule has 0 aromatic carbocycles. The number of Topliss-reactive ketones (excluding diaryl/α,β-unsaturated/α-hetero) is 2. The minimum atomic E-state index is -2.31. The van der Waals surface area contributed by atoms with Crippen molar-refractivity contribution in [2.75, 3.05) is 11.9 Å². The van der Waals surface area contributed by atoms with E-state index in [1.54, 1.807) is 22.7 Å². The number of hydrogen-bond donors (Lipinski definition) is 1. The molecule has 0 saturated carbocycles. The van der Waals surface area contributed by atoms with Crippen LogP contribution in [0.4, 0.5) is 0 Å². The van der Waals surface area contributed by atoms with Crippen molar-refractivity contribution in [2.24, 2.45) is 22.7 Å².